The molecule has 0 spiro atoms. The second kappa shape index (κ2) is 5.48. The third-order valence-electron chi connectivity index (χ3n) is 2.39. The van der Waals surface area contributed by atoms with Crippen molar-refractivity contribution < 1.29 is 9.47 Å². The fraction of sp³-hybridized carbons (Fsp3) is 0.545. The maximum atomic E-state index is 5.93. The molecule has 2 atom stereocenters. The Morgan fingerprint density at radius 1 is 1.62 bits per heavy atom. The summed E-state index contributed by atoms with van der Waals surface area (Å²) in [7, 11) is 0. The molecule has 0 amide bonds. The number of halogens is 1. The average molecular weight is 243 g/mol. The molecule has 1 aliphatic heterocycles. The van der Waals surface area contributed by atoms with E-state index in [0.717, 1.165) is 13.1 Å². The van der Waals surface area contributed by atoms with Crippen molar-refractivity contribution in [2.24, 2.45) is 0 Å². The molecule has 1 fully saturated rings. The van der Waals surface area contributed by atoms with Crippen LogP contribution in [0.5, 0.6) is 5.75 Å². The minimum atomic E-state index is 0.0768. The molecule has 16 heavy (non-hydrogen) atoms. The maximum absolute atomic E-state index is 5.93. The predicted molar refractivity (Wildman–Crippen MR) is 61.9 cm³/mol. The van der Waals surface area contributed by atoms with Crippen molar-refractivity contribution in [3.63, 3.8) is 0 Å². The first kappa shape index (κ1) is 11.6. The van der Waals surface area contributed by atoms with Gasteiger partial charge in [0.05, 0.1) is 6.10 Å². The third-order valence-corrected chi connectivity index (χ3v) is 2.67. The van der Waals surface area contributed by atoms with Gasteiger partial charge in [-0.15, -0.1) is 0 Å². The van der Waals surface area contributed by atoms with Crippen LogP contribution in [0.3, 0.4) is 0 Å². The molecule has 2 unspecified atom stereocenters. The minimum absolute atomic E-state index is 0.0768. The minimum Gasteiger partial charge on any atom is -0.489 e. The molecule has 2 heterocycles. The molecule has 2 rings (SSSR count). The molecular formula is C11H15ClN2O2. The van der Waals surface area contributed by atoms with Crippen LogP contribution in [0.15, 0.2) is 18.5 Å². The van der Waals surface area contributed by atoms with Crippen molar-refractivity contribution >= 4 is 11.6 Å². The van der Waals surface area contributed by atoms with Crippen LogP contribution in [0.25, 0.3) is 0 Å². The fourth-order valence-corrected chi connectivity index (χ4v) is 1.81. The zero-order valence-electron chi connectivity index (χ0n) is 9.15. The SMILES string of the molecule is CC1CNCC(COc2ccncc2Cl)O1. The molecule has 4 nitrogen and oxygen atoms in total. The van der Waals surface area contributed by atoms with Gasteiger partial charge in [0.25, 0.3) is 0 Å². The molecule has 1 aliphatic rings. The normalized spacial score (nSPS) is 25.4. The molecule has 1 saturated heterocycles. The number of hydrogen-bond donors (Lipinski definition) is 1. The fourth-order valence-electron chi connectivity index (χ4n) is 1.63. The average Bonchev–Trinajstić information content (AvgIpc) is 2.28. The summed E-state index contributed by atoms with van der Waals surface area (Å²) in [6.45, 7) is 4.25. The van der Waals surface area contributed by atoms with Gasteiger partial charge in [0.15, 0.2) is 0 Å². The van der Waals surface area contributed by atoms with Crippen LogP contribution in [0.1, 0.15) is 6.92 Å². The van der Waals surface area contributed by atoms with Crippen molar-refractivity contribution in [1.82, 2.24) is 10.3 Å². The third kappa shape index (κ3) is 3.07. The lowest BCUT2D eigenvalue weighted by atomic mass is 10.2. The van der Waals surface area contributed by atoms with E-state index < -0.39 is 0 Å². The van der Waals surface area contributed by atoms with Crippen molar-refractivity contribution in [2.75, 3.05) is 19.7 Å². The van der Waals surface area contributed by atoms with Crippen LogP contribution < -0.4 is 10.1 Å². The van der Waals surface area contributed by atoms with Gasteiger partial charge in [0.1, 0.15) is 23.5 Å². The molecule has 1 aromatic rings. The van der Waals surface area contributed by atoms with Gasteiger partial charge in [-0.05, 0) is 6.92 Å². The van der Waals surface area contributed by atoms with Crippen LogP contribution >= 0.6 is 11.6 Å². The van der Waals surface area contributed by atoms with Crippen LogP contribution in [-0.2, 0) is 4.74 Å². The molecule has 1 N–H and O–H groups in total. The summed E-state index contributed by atoms with van der Waals surface area (Å²) in [5.41, 5.74) is 0. The van der Waals surface area contributed by atoms with Crippen molar-refractivity contribution in [1.29, 1.82) is 0 Å². The van der Waals surface area contributed by atoms with Crippen LogP contribution in [0.2, 0.25) is 5.02 Å². The van der Waals surface area contributed by atoms with E-state index in [2.05, 4.69) is 10.3 Å². The second-order valence-corrected chi connectivity index (χ2v) is 4.25. The summed E-state index contributed by atoms with van der Waals surface area (Å²) < 4.78 is 11.3. The Bertz CT molecular complexity index is 349. The monoisotopic (exact) mass is 242 g/mol. The van der Waals surface area contributed by atoms with E-state index in [1.165, 1.54) is 0 Å². The van der Waals surface area contributed by atoms with Crippen LogP contribution in [-0.4, -0.2) is 36.9 Å². The molecular weight excluding hydrogens is 228 g/mol. The zero-order valence-corrected chi connectivity index (χ0v) is 9.91. The summed E-state index contributed by atoms with van der Waals surface area (Å²) in [6.07, 6.45) is 3.53. The summed E-state index contributed by atoms with van der Waals surface area (Å²) in [5.74, 6) is 0.651. The van der Waals surface area contributed by atoms with Gasteiger partial charge in [-0.2, -0.15) is 0 Å². The van der Waals surface area contributed by atoms with Crippen LogP contribution in [0, 0.1) is 0 Å². The lowest BCUT2D eigenvalue weighted by molar-refractivity contribution is -0.0470. The van der Waals surface area contributed by atoms with Crippen molar-refractivity contribution in [2.45, 2.75) is 19.1 Å². The Balaban J connectivity index is 1.85. The van der Waals surface area contributed by atoms with E-state index in [9.17, 15) is 0 Å². The van der Waals surface area contributed by atoms with Gasteiger partial charge < -0.3 is 14.8 Å². The lowest BCUT2D eigenvalue weighted by Gasteiger charge is -2.28. The van der Waals surface area contributed by atoms with E-state index in [1.54, 1.807) is 18.5 Å². The van der Waals surface area contributed by atoms with Crippen molar-refractivity contribution in [3.8, 4) is 5.75 Å². The summed E-state index contributed by atoms with van der Waals surface area (Å²) in [6, 6.07) is 1.75. The predicted octanol–water partition coefficient (Wildman–Crippen LogP) is 1.49. The Hall–Kier alpha value is -0.840. The molecule has 0 radical (unpaired) electrons. The highest BCUT2D eigenvalue weighted by Crippen LogP contribution is 2.22. The smallest absolute Gasteiger partial charge is 0.141 e. The standard InChI is InChI=1S/C11H15ClN2O2/c1-8-4-14-5-9(16-8)7-15-11-2-3-13-6-10(11)12/h2-3,6,8-9,14H,4-5,7H2,1H3. The number of nitrogens with zero attached hydrogens (tertiary/aromatic N) is 1. The van der Waals surface area contributed by atoms with Gasteiger partial charge in [0.2, 0.25) is 0 Å². The zero-order chi connectivity index (χ0) is 11.4. The molecule has 0 saturated carbocycles. The van der Waals surface area contributed by atoms with E-state index >= 15 is 0 Å². The number of nitrogens with one attached hydrogen (secondary N) is 1. The molecule has 1 aromatic heterocycles. The number of morpholine rings is 1. The molecule has 0 aliphatic carbocycles. The Morgan fingerprint density at radius 3 is 3.25 bits per heavy atom. The summed E-state index contributed by atoms with van der Waals surface area (Å²) >= 11 is 5.93. The van der Waals surface area contributed by atoms with Crippen molar-refractivity contribution in [3.05, 3.63) is 23.5 Å². The quantitative estimate of drug-likeness (QED) is 0.872. The molecule has 5 heteroatoms. The summed E-state index contributed by atoms with van der Waals surface area (Å²) in [4.78, 5) is 3.90. The second-order valence-electron chi connectivity index (χ2n) is 3.84. The number of rotatable bonds is 3. The first-order valence-corrected chi connectivity index (χ1v) is 5.72. The first-order valence-electron chi connectivity index (χ1n) is 5.34. The largest absolute Gasteiger partial charge is 0.489 e. The number of pyridine rings is 1. The van der Waals surface area contributed by atoms with Gasteiger partial charge in [-0.1, -0.05) is 11.6 Å². The molecule has 0 bridgehead atoms. The van der Waals surface area contributed by atoms with E-state index in [0.29, 0.717) is 17.4 Å². The van der Waals surface area contributed by atoms with E-state index in [-0.39, 0.29) is 12.2 Å². The number of aromatic nitrogens is 1. The van der Waals surface area contributed by atoms with Gasteiger partial charge in [-0.3, -0.25) is 4.98 Å². The Kier molecular flexibility index (Phi) is 3.98. The van der Waals surface area contributed by atoms with Crippen LogP contribution in [0.4, 0.5) is 0 Å². The summed E-state index contributed by atoms with van der Waals surface area (Å²) in [5, 5.41) is 3.81. The van der Waals surface area contributed by atoms with Gasteiger partial charge >= 0.3 is 0 Å². The molecule has 88 valence electrons. The first-order chi connectivity index (χ1) is 7.75. The topological polar surface area (TPSA) is 43.4 Å². The highest BCUT2D eigenvalue weighted by Gasteiger charge is 2.19. The van der Waals surface area contributed by atoms with Gasteiger partial charge in [-0.25, -0.2) is 0 Å². The maximum Gasteiger partial charge on any atom is 0.141 e. The number of hydrogen-bond acceptors (Lipinski definition) is 4. The van der Waals surface area contributed by atoms with E-state index in [1.807, 2.05) is 6.92 Å². The van der Waals surface area contributed by atoms with Gasteiger partial charge in [0, 0.05) is 31.5 Å². The highest BCUT2D eigenvalue weighted by molar-refractivity contribution is 6.31. The number of ether oxygens (including phenoxy) is 2. The molecule has 0 aromatic carbocycles. The Labute approximate surface area is 99.9 Å². The highest BCUT2D eigenvalue weighted by atomic mass is 35.5. The Morgan fingerprint density at radius 2 is 2.50 bits per heavy atom. The lowest BCUT2D eigenvalue weighted by Crippen LogP contribution is -2.45. The van der Waals surface area contributed by atoms with E-state index in [4.69, 9.17) is 21.1 Å².